The zero-order valence-electron chi connectivity index (χ0n) is 13.0. The molecule has 2 aromatic heterocycles. The number of nitrogens with one attached hydrogen (secondary N) is 2. The molecule has 3 rings (SSSR count). The maximum atomic E-state index is 12.6. The van der Waals surface area contributed by atoms with Gasteiger partial charge in [0.15, 0.2) is 10.6 Å². The molecule has 1 unspecified atom stereocenters. The number of aromatic amines is 1. The Morgan fingerprint density at radius 2 is 2.25 bits per heavy atom. The van der Waals surface area contributed by atoms with Gasteiger partial charge in [-0.05, 0) is 55.2 Å². The van der Waals surface area contributed by atoms with Crippen molar-refractivity contribution in [2.24, 2.45) is 0 Å². The summed E-state index contributed by atoms with van der Waals surface area (Å²) in [6, 6.07) is 8.77. The number of aromatic nitrogens is 3. The first-order chi connectivity index (χ1) is 11.5. The van der Waals surface area contributed by atoms with E-state index in [1.807, 2.05) is 36.6 Å². The number of carbonyl (C=O) groups excluding carboxylic acids is 1. The lowest BCUT2D eigenvalue weighted by molar-refractivity contribution is -0.118. The van der Waals surface area contributed by atoms with Crippen LogP contribution in [0.15, 0.2) is 35.7 Å². The van der Waals surface area contributed by atoms with Crippen LogP contribution < -0.4 is 5.32 Å². The topological polar surface area (TPSA) is 62.7 Å². The van der Waals surface area contributed by atoms with Crippen molar-refractivity contribution in [3.8, 4) is 10.7 Å². The van der Waals surface area contributed by atoms with Crippen molar-refractivity contribution in [1.82, 2.24) is 14.8 Å². The third-order valence-corrected chi connectivity index (χ3v) is 5.21. The van der Waals surface area contributed by atoms with E-state index in [0.717, 1.165) is 10.4 Å². The van der Waals surface area contributed by atoms with Gasteiger partial charge in [0.25, 0.3) is 0 Å². The number of nitrogens with zero attached hydrogens (tertiary/aromatic N) is 2. The fraction of sp³-hybridized carbons (Fsp3) is 0.188. The number of thiophene rings is 1. The summed E-state index contributed by atoms with van der Waals surface area (Å²) in [5, 5.41) is 12.4. The molecule has 3 aromatic rings. The summed E-state index contributed by atoms with van der Waals surface area (Å²) < 4.78 is 2.12. The highest BCUT2D eigenvalue weighted by molar-refractivity contribution is 7.71. The first-order valence-corrected chi connectivity index (χ1v) is 8.91. The second-order valence-electron chi connectivity index (χ2n) is 5.33. The van der Waals surface area contributed by atoms with E-state index in [4.69, 9.17) is 23.8 Å². The molecule has 1 amide bonds. The van der Waals surface area contributed by atoms with Gasteiger partial charge in [-0.3, -0.25) is 14.5 Å². The van der Waals surface area contributed by atoms with Gasteiger partial charge in [0.1, 0.15) is 6.04 Å². The lowest BCUT2D eigenvalue weighted by Gasteiger charge is -2.15. The van der Waals surface area contributed by atoms with E-state index in [0.29, 0.717) is 21.3 Å². The molecular formula is C16H15ClN4OS2. The summed E-state index contributed by atoms with van der Waals surface area (Å²) >= 11 is 12.9. The standard InChI is InChI=1S/C16H15ClN4OS2/c1-9-5-6-11(8-12(9)17)18-15(22)10(2)21-14(19-20-16(21)23)13-4-3-7-24-13/h3-8,10H,1-2H3,(H,18,22)(H,20,23). The molecule has 2 N–H and O–H groups in total. The Balaban J connectivity index is 1.88. The van der Waals surface area contributed by atoms with Crippen LogP contribution in [0.5, 0.6) is 0 Å². The van der Waals surface area contributed by atoms with Crippen LogP contribution in [0.1, 0.15) is 18.5 Å². The predicted octanol–water partition coefficient (Wildman–Crippen LogP) is 4.83. The summed E-state index contributed by atoms with van der Waals surface area (Å²) in [6.07, 6.45) is 0. The molecule has 0 aliphatic rings. The van der Waals surface area contributed by atoms with Crippen LogP contribution in [-0.2, 0) is 4.79 Å². The van der Waals surface area contributed by atoms with Gasteiger partial charge in [-0.25, -0.2) is 0 Å². The predicted molar refractivity (Wildman–Crippen MR) is 100 cm³/mol. The van der Waals surface area contributed by atoms with Crippen LogP contribution in [0, 0.1) is 11.7 Å². The van der Waals surface area contributed by atoms with Gasteiger partial charge < -0.3 is 5.32 Å². The Kier molecular flexibility index (Phi) is 4.84. The quantitative estimate of drug-likeness (QED) is 0.639. The molecule has 0 saturated carbocycles. The third-order valence-electron chi connectivity index (χ3n) is 3.65. The van der Waals surface area contributed by atoms with Crippen LogP contribution in [0.4, 0.5) is 5.69 Å². The zero-order chi connectivity index (χ0) is 17.3. The lowest BCUT2D eigenvalue weighted by atomic mass is 10.2. The van der Waals surface area contributed by atoms with Gasteiger partial charge in [-0.1, -0.05) is 23.7 Å². The molecule has 1 aromatic carbocycles. The molecule has 0 aliphatic carbocycles. The van der Waals surface area contributed by atoms with Gasteiger partial charge in [0.05, 0.1) is 4.88 Å². The SMILES string of the molecule is Cc1ccc(NC(=O)C(C)n2c(-c3cccs3)n[nH]c2=S)cc1Cl. The summed E-state index contributed by atoms with van der Waals surface area (Å²) in [6.45, 7) is 3.70. The van der Waals surface area contributed by atoms with Crippen molar-refractivity contribution in [3.63, 3.8) is 0 Å². The number of rotatable bonds is 4. The number of anilines is 1. The van der Waals surface area contributed by atoms with Gasteiger partial charge in [-0.2, -0.15) is 5.10 Å². The highest BCUT2D eigenvalue weighted by Crippen LogP contribution is 2.26. The Morgan fingerprint density at radius 1 is 1.46 bits per heavy atom. The van der Waals surface area contributed by atoms with Crippen molar-refractivity contribution in [3.05, 3.63) is 51.1 Å². The molecule has 2 heterocycles. The Bertz CT molecular complexity index is 930. The molecule has 0 saturated heterocycles. The summed E-state index contributed by atoms with van der Waals surface area (Å²) in [5.74, 6) is 0.463. The van der Waals surface area contributed by atoms with E-state index in [2.05, 4.69) is 15.5 Å². The third kappa shape index (κ3) is 3.28. The zero-order valence-corrected chi connectivity index (χ0v) is 15.4. The van der Waals surface area contributed by atoms with Gasteiger partial charge in [-0.15, -0.1) is 11.3 Å². The van der Waals surface area contributed by atoms with E-state index in [-0.39, 0.29) is 5.91 Å². The highest BCUT2D eigenvalue weighted by Gasteiger charge is 2.21. The molecule has 1 atom stereocenters. The number of halogens is 1. The second-order valence-corrected chi connectivity index (χ2v) is 7.07. The number of H-pyrrole nitrogens is 1. The smallest absolute Gasteiger partial charge is 0.247 e. The van der Waals surface area contributed by atoms with Crippen LogP contribution in [-0.4, -0.2) is 20.7 Å². The molecule has 8 heteroatoms. The average Bonchev–Trinajstić information content (AvgIpc) is 3.19. The maximum Gasteiger partial charge on any atom is 0.247 e. The fourth-order valence-electron chi connectivity index (χ4n) is 2.28. The van der Waals surface area contributed by atoms with Crippen LogP contribution >= 0.6 is 35.2 Å². The second kappa shape index (κ2) is 6.88. The molecular weight excluding hydrogens is 364 g/mol. The van der Waals surface area contributed by atoms with E-state index >= 15 is 0 Å². The minimum Gasteiger partial charge on any atom is -0.324 e. The summed E-state index contributed by atoms with van der Waals surface area (Å²) in [5.41, 5.74) is 1.61. The number of carbonyl (C=O) groups is 1. The van der Waals surface area contributed by atoms with Gasteiger partial charge in [0.2, 0.25) is 5.91 Å². The average molecular weight is 379 g/mol. The van der Waals surface area contributed by atoms with Crippen molar-refractivity contribution >= 4 is 46.8 Å². The molecule has 0 bridgehead atoms. The monoisotopic (exact) mass is 378 g/mol. The Labute approximate surface area is 153 Å². The minimum absolute atomic E-state index is 0.190. The number of amides is 1. The normalized spacial score (nSPS) is 12.1. The molecule has 0 fully saturated rings. The lowest BCUT2D eigenvalue weighted by Crippen LogP contribution is -2.24. The minimum atomic E-state index is -0.520. The Morgan fingerprint density at radius 3 is 2.92 bits per heavy atom. The van der Waals surface area contributed by atoms with Crippen LogP contribution in [0.3, 0.4) is 0 Å². The fourth-order valence-corrected chi connectivity index (χ4v) is 3.46. The van der Waals surface area contributed by atoms with E-state index in [1.54, 1.807) is 28.9 Å². The summed E-state index contributed by atoms with van der Waals surface area (Å²) in [4.78, 5) is 13.6. The van der Waals surface area contributed by atoms with Crippen LogP contribution in [0.2, 0.25) is 5.02 Å². The van der Waals surface area contributed by atoms with Crippen molar-refractivity contribution in [2.45, 2.75) is 19.9 Å². The highest BCUT2D eigenvalue weighted by atomic mass is 35.5. The van der Waals surface area contributed by atoms with Crippen molar-refractivity contribution < 1.29 is 4.79 Å². The molecule has 0 spiro atoms. The van der Waals surface area contributed by atoms with Gasteiger partial charge in [0, 0.05) is 10.7 Å². The molecule has 24 heavy (non-hydrogen) atoms. The molecule has 0 aliphatic heterocycles. The largest absolute Gasteiger partial charge is 0.324 e. The number of aryl methyl sites for hydroxylation is 1. The molecule has 124 valence electrons. The number of hydrogen-bond acceptors (Lipinski definition) is 4. The van der Waals surface area contributed by atoms with Crippen molar-refractivity contribution in [1.29, 1.82) is 0 Å². The molecule has 0 radical (unpaired) electrons. The number of benzene rings is 1. The Hall–Kier alpha value is -1.96. The van der Waals surface area contributed by atoms with Gasteiger partial charge >= 0.3 is 0 Å². The molecule has 5 nitrogen and oxygen atoms in total. The van der Waals surface area contributed by atoms with Crippen molar-refractivity contribution in [2.75, 3.05) is 5.32 Å². The van der Waals surface area contributed by atoms with E-state index < -0.39 is 6.04 Å². The first kappa shape index (κ1) is 16.9. The van der Waals surface area contributed by atoms with E-state index in [1.165, 1.54) is 0 Å². The first-order valence-electron chi connectivity index (χ1n) is 7.25. The van der Waals surface area contributed by atoms with E-state index in [9.17, 15) is 4.79 Å². The maximum absolute atomic E-state index is 12.6. The van der Waals surface area contributed by atoms with Crippen LogP contribution in [0.25, 0.3) is 10.7 Å². The summed E-state index contributed by atoms with van der Waals surface area (Å²) in [7, 11) is 0. The number of hydrogen-bond donors (Lipinski definition) is 2.